The summed E-state index contributed by atoms with van der Waals surface area (Å²) in [6.07, 6.45) is 1.56. The van der Waals surface area contributed by atoms with E-state index in [0.29, 0.717) is 16.8 Å². The van der Waals surface area contributed by atoms with Crippen LogP contribution in [-0.4, -0.2) is 15.3 Å². The fourth-order valence-electron chi connectivity index (χ4n) is 2.39. The molecule has 3 rings (SSSR count). The molecule has 2 heterocycles. The summed E-state index contributed by atoms with van der Waals surface area (Å²) in [6, 6.07) is 8.95. The molecule has 5 heteroatoms. The molecular formula is C16H14N2O3. The highest BCUT2D eigenvalue weighted by molar-refractivity contribution is 5.97. The van der Waals surface area contributed by atoms with Crippen molar-refractivity contribution >= 4 is 17.0 Å². The normalized spacial score (nSPS) is 11.0. The van der Waals surface area contributed by atoms with Crippen LogP contribution in [0, 0.1) is 13.8 Å². The number of aryl methyl sites for hydroxylation is 2. The third kappa shape index (κ3) is 2.38. The molecule has 21 heavy (non-hydrogen) atoms. The Hall–Kier alpha value is -2.69. The van der Waals surface area contributed by atoms with Gasteiger partial charge in [-0.15, -0.1) is 0 Å². The van der Waals surface area contributed by atoms with E-state index < -0.39 is 5.76 Å². The largest absolute Gasteiger partial charge is 0.421 e. The number of hydrogen-bond acceptors (Lipinski definition) is 4. The number of rotatable bonds is 3. The zero-order valence-electron chi connectivity index (χ0n) is 11.8. The smallest absolute Gasteiger partial charge is 0.406 e. The van der Waals surface area contributed by atoms with Crippen LogP contribution in [0.3, 0.4) is 0 Å². The van der Waals surface area contributed by atoms with Crippen LogP contribution in [-0.2, 0) is 6.54 Å². The predicted octanol–water partition coefficient (Wildman–Crippen LogP) is 2.49. The second-order valence-corrected chi connectivity index (χ2v) is 5.02. The monoisotopic (exact) mass is 282 g/mol. The Labute approximate surface area is 120 Å². The molecule has 0 saturated carbocycles. The van der Waals surface area contributed by atoms with Crippen molar-refractivity contribution in [3.8, 4) is 0 Å². The van der Waals surface area contributed by atoms with Crippen LogP contribution in [0.25, 0.3) is 11.2 Å². The van der Waals surface area contributed by atoms with Crippen molar-refractivity contribution in [3.05, 3.63) is 63.8 Å². The molecule has 0 unspecified atom stereocenters. The van der Waals surface area contributed by atoms with Gasteiger partial charge in [0.15, 0.2) is 17.0 Å². The number of benzene rings is 1. The predicted molar refractivity (Wildman–Crippen MR) is 78.5 cm³/mol. The molecule has 0 bridgehead atoms. The molecule has 0 atom stereocenters. The molecule has 0 saturated heterocycles. The third-order valence-corrected chi connectivity index (χ3v) is 3.41. The van der Waals surface area contributed by atoms with Crippen LogP contribution in [0.15, 0.2) is 45.7 Å². The molecule has 5 nitrogen and oxygen atoms in total. The van der Waals surface area contributed by atoms with Crippen molar-refractivity contribution < 1.29 is 9.21 Å². The first kappa shape index (κ1) is 13.3. The first-order chi connectivity index (χ1) is 10.1. The first-order valence-corrected chi connectivity index (χ1v) is 6.61. The standard InChI is InChI=1S/C16H14N2O3/c1-10-5-6-12(11(2)8-10)13(19)9-18-15-14(21-16(18)20)4-3-7-17-15/h3-8H,9H2,1-2H3. The Balaban J connectivity index is 2.00. The van der Waals surface area contributed by atoms with E-state index in [0.717, 1.165) is 11.1 Å². The van der Waals surface area contributed by atoms with Gasteiger partial charge in [-0.3, -0.25) is 9.36 Å². The van der Waals surface area contributed by atoms with Gasteiger partial charge in [0.2, 0.25) is 0 Å². The molecule has 0 spiro atoms. The van der Waals surface area contributed by atoms with E-state index in [1.165, 1.54) is 4.57 Å². The fraction of sp³-hybridized carbons (Fsp3) is 0.188. The van der Waals surface area contributed by atoms with Gasteiger partial charge in [0.1, 0.15) is 0 Å². The summed E-state index contributed by atoms with van der Waals surface area (Å²) >= 11 is 0. The number of Topliss-reactive ketones (excluding diaryl/α,β-unsaturated/α-hetero) is 1. The van der Waals surface area contributed by atoms with Gasteiger partial charge in [-0.05, 0) is 31.5 Å². The molecule has 0 aliphatic rings. The van der Waals surface area contributed by atoms with E-state index >= 15 is 0 Å². The Morgan fingerprint density at radius 3 is 2.86 bits per heavy atom. The molecule has 0 fully saturated rings. The summed E-state index contributed by atoms with van der Waals surface area (Å²) in [5.74, 6) is -0.704. The SMILES string of the molecule is Cc1ccc(C(=O)Cn2c(=O)oc3cccnc32)c(C)c1. The summed E-state index contributed by atoms with van der Waals surface area (Å²) < 4.78 is 6.34. The van der Waals surface area contributed by atoms with Crippen LogP contribution < -0.4 is 5.76 Å². The number of oxazole rings is 1. The van der Waals surface area contributed by atoms with Crippen molar-refractivity contribution in [2.75, 3.05) is 0 Å². The number of pyridine rings is 1. The fourth-order valence-corrected chi connectivity index (χ4v) is 2.39. The van der Waals surface area contributed by atoms with E-state index in [1.54, 1.807) is 24.4 Å². The van der Waals surface area contributed by atoms with Gasteiger partial charge in [-0.25, -0.2) is 9.78 Å². The highest BCUT2D eigenvalue weighted by atomic mass is 16.4. The van der Waals surface area contributed by atoms with E-state index in [1.807, 2.05) is 26.0 Å². The minimum Gasteiger partial charge on any atom is -0.406 e. The maximum atomic E-state index is 12.4. The molecule has 0 radical (unpaired) electrons. The van der Waals surface area contributed by atoms with Gasteiger partial charge >= 0.3 is 5.76 Å². The van der Waals surface area contributed by atoms with Crippen LogP contribution in [0.5, 0.6) is 0 Å². The minimum atomic E-state index is -0.568. The van der Waals surface area contributed by atoms with Gasteiger partial charge in [-0.1, -0.05) is 23.8 Å². The zero-order chi connectivity index (χ0) is 15.0. The molecule has 1 aromatic carbocycles. The lowest BCUT2D eigenvalue weighted by Gasteiger charge is -2.06. The molecule has 3 aromatic rings. The van der Waals surface area contributed by atoms with Gasteiger partial charge in [0.25, 0.3) is 0 Å². The molecule has 0 amide bonds. The highest BCUT2D eigenvalue weighted by Crippen LogP contribution is 2.14. The lowest BCUT2D eigenvalue weighted by molar-refractivity contribution is 0.0970. The maximum absolute atomic E-state index is 12.4. The number of hydrogen-bond donors (Lipinski definition) is 0. The zero-order valence-corrected chi connectivity index (χ0v) is 11.8. The molecule has 0 aliphatic heterocycles. The number of carbonyl (C=O) groups is 1. The molecular weight excluding hydrogens is 268 g/mol. The molecule has 0 aliphatic carbocycles. The van der Waals surface area contributed by atoms with E-state index in [4.69, 9.17) is 4.42 Å². The van der Waals surface area contributed by atoms with Crippen LogP contribution >= 0.6 is 0 Å². The van der Waals surface area contributed by atoms with Crippen molar-refractivity contribution in [3.63, 3.8) is 0 Å². The van der Waals surface area contributed by atoms with Gasteiger partial charge in [-0.2, -0.15) is 0 Å². The summed E-state index contributed by atoms with van der Waals surface area (Å²) in [4.78, 5) is 28.4. The van der Waals surface area contributed by atoms with Crippen LogP contribution in [0.1, 0.15) is 21.5 Å². The number of aromatic nitrogens is 2. The number of ketones is 1. The van der Waals surface area contributed by atoms with Gasteiger partial charge in [0.05, 0.1) is 6.54 Å². The van der Waals surface area contributed by atoms with E-state index in [9.17, 15) is 9.59 Å². The summed E-state index contributed by atoms with van der Waals surface area (Å²) in [7, 11) is 0. The Morgan fingerprint density at radius 1 is 1.29 bits per heavy atom. The highest BCUT2D eigenvalue weighted by Gasteiger charge is 2.16. The van der Waals surface area contributed by atoms with Crippen LogP contribution in [0.2, 0.25) is 0 Å². The van der Waals surface area contributed by atoms with Crippen molar-refractivity contribution in [2.24, 2.45) is 0 Å². The quantitative estimate of drug-likeness (QED) is 0.692. The summed E-state index contributed by atoms with van der Waals surface area (Å²) in [5, 5.41) is 0. The van der Waals surface area contributed by atoms with Gasteiger partial charge in [0, 0.05) is 11.8 Å². The maximum Gasteiger partial charge on any atom is 0.421 e. The second-order valence-electron chi connectivity index (χ2n) is 5.02. The summed E-state index contributed by atoms with van der Waals surface area (Å²) in [5.41, 5.74) is 3.37. The van der Waals surface area contributed by atoms with Crippen molar-refractivity contribution in [2.45, 2.75) is 20.4 Å². The molecule has 106 valence electrons. The van der Waals surface area contributed by atoms with E-state index in [-0.39, 0.29) is 12.3 Å². The van der Waals surface area contributed by atoms with Crippen molar-refractivity contribution in [1.29, 1.82) is 0 Å². The molecule has 0 N–H and O–H groups in total. The summed E-state index contributed by atoms with van der Waals surface area (Å²) in [6.45, 7) is 3.78. The molecule has 2 aromatic heterocycles. The van der Waals surface area contributed by atoms with E-state index in [2.05, 4.69) is 4.98 Å². The average molecular weight is 282 g/mol. The number of nitrogens with zero attached hydrogens (tertiary/aromatic N) is 2. The first-order valence-electron chi connectivity index (χ1n) is 6.61. The van der Waals surface area contributed by atoms with Gasteiger partial charge < -0.3 is 4.42 Å². The minimum absolute atomic E-state index is 0.0766. The Morgan fingerprint density at radius 2 is 2.10 bits per heavy atom. The second kappa shape index (κ2) is 5.01. The average Bonchev–Trinajstić information content (AvgIpc) is 2.75. The number of fused-ring (bicyclic) bond motifs is 1. The lowest BCUT2D eigenvalue weighted by atomic mass is 10.0. The Kier molecular flexibility index (Phi) is 3.17. The third-order valence-electron chi connectivity index (χ3n) is 3.41. The lowest BCUT2D eigenvalue weighted by Crippen LogP contribution is -2.21. The van der Waals surface area contributed by atoms with Crippen LogP contribution in [0.4, 0.5) is 0 Å². The Bertz CT molecular complexity index is 890. The topological polar surface area (TPSA) is 65.1 Å². The number of carbonyl (C=O) groups excluding carboxylic acids is 1. The van der Waals surface area contributed by atoms with Crippen molar-refractivity contribution in [1.82, 2.24) is 9.55 Å².